The fourth-order valence-electron chi connectivity index (χ4n) is 2.57. The fraction of sp³-hybridized carbons (Fsp3) is 0.400. The lowest BCUT2D eigenvalue weighted by Gasteiger charge is -2.26. The second kappa shape index (κ2) is 5.26. The molecule has 1 aliphatic rings. The Morgan fingerprint density at radius 1 is 1.45 bits per heavy atom. The van der Waals surface area contributed by atoms with E-state index < -0.39 is 0 Å². The van der Waals surface area contributed by atoms with Gasteiger partial charge in [-0.05, 0) is 24.3 Å². The van der Waals surface area contributed by atoms with E-state index in [2.05, 4.69) is 10.3 Å². The van der Waals surface area contributed by atoms with Gasteiger partial charge < -0.3 is 20.5 Å². The lowest BCUT2D eigenvalue weighted by molar-refractivity contribution is -0.00617. The normalized spacial score (nSPS) is 22.2. The minimum atomic E-state index is -0.240. The van der Waals surface area contributed by atoms with Gasteiger partial charge in [0.2, 0.25) is 0 Å². The predicted octanol–water partition coefficient (Wildman–Crippen LogP) is 2.03. The van der Waals surface area contributed by atoms with Gasteiger partial charge in [-0.3, -0.25) is 4.98 Å². The van der Waals surface area contributed by atoms with Gasteiger partial charge in [-0.15, -0.1) is 0 Å². The number of aromatic nitrogens is 1. The highest BCUT2D eigenvalue weighted by atomic mass is 16.5. The summed E-state index contributed by atoms with van der Waals surface area (Å²) in [5, 5.41) is 4.47. The van der Waals surface area contributed by atoms with Crippen LogP contribution in [-0.4, -0.2) is 37.5 Å². The first-order chi connectivity index (χ1) is 9.74. The molecule has 2 heterocycles. The largest absolute Gasteiger partial charge is 0.397 e. The third-order valence-corrected chi connectivity index (χ3v) is 3.90. The van der Waals surface area contributed by atoms with Crippen molar-refractivity contribution in [1.82, 2.24) is 4.98 Å². The predicted molar refractivity (Wildman–Crippen MR) is 79.8 cm³/mol. The summed E-state index contributed by atoms with van der Waals surface area (Å²) >= 11 is 0. The van der Waals surface area contributed by atoms with Gasteiger partial charge in [0.05, 0.1) is 17.8 Å². The van der Waals surface area contributed by atoms with E-state index >= 15 is 0 Å². The minimum absolute atomic E-state index is 0.240. The Labute approximate surface area is 118 Å². The zero-order valence-electron chi connectivity index (χ0n) is 11.6. The first kappa shape index (κ1) is 13.1. The van der Waals surface area contributed by atoms with Crippen molar-refractivity contribution >= 4 is 22.3 Å². The van der Waals surface area contributed by atoms with Crippen LogP contribution in [-0.2, 0) is 9.47 Å². The van der Waals surface area contributed by atoms with Crippen LogP contribution in [0.25, 0.3) is 10.9 Å². The van der Waals surface area contributed by atoms with Crippen molar-refractivity contribution in [1.29, 1.82) is 0 Å². The SMILES string of the molecule is COC1(CNc2ccc(N)c3ncccc23)CCOC1. The molecule has 3 N–H and O–H groups in total. The second-order valence-corrected chi connectivity index (χ2v) is 5.15. The quantitative estimate of drug-likeness (QED) is 0.834. The average molecular weight is 273 g/mol. The lowest BCUT2D eigenvalue weighted by Crippen LogP contribution is -2.39. The summed E-state index contributed by atoms with van der Waals surface area (Å²) < 4.78 is 11.1. The van der Waals surface area contributed by atoms with Gasteiger partial charge in [0, 0.05) is 44.0 Å². The molecule has 20 heavy (non-hydrogen) atoms. The standard InChI is InChI=1S/C15H19N3O2/c1-19-15(6-8-20-10-15)9-18-13-5-4-12(16)14-11(13)3-2-7-17-14/h2-5,7,18H,6,8-10,16H2,1H3. The molecule has 0 spiro atoms. The summed E-state index contributed by atoms with van der Waals surface area (Å²) in [6.45, 7) is 2.08. The summed E-state index contributed by atoms with van der Waals surface area (Å²) in [4.78, 5) is 4.34. The summed E-state index contributed by atoms with van der Waals surface area (Å²) in [7, 11) is 1.74. The minimum Gasteiger partial charge on any atom is -0.397 e. The van der Waals surface area contributed by atoms with Crippen molar-refractivity contribution in [3.8, 4) is 0 Å². The van der Waals surface area contributed by atoms with Crippen molar-refractivity contribution in [2.45, 2.75) is 12.0 Å². The first-order valence-electron chi connectivity index (χ1n) is 6.74. The number of nitrogens with two attached hydrogens (primary N) is 1. The van der Waals surface area contributed by atoms with Crippen molar-refractivity contribution in [2.24, 2.45) is 0 Å². The molecule has 1 atom stereocenters. The number of methoxy groups -OCH3 is 1. The Bertz CT molecular complexity index is 609. The highest BCUT2D eigenvalue weighted by Crippen LogP contribution is 2.28. The molecule has 1 saturated heterocycles. The maximum absolute atomic E-state index is 5.96. The van der Waals surface area contributed by atoms with E-state index in [1.54, 1.807) is 13.3 Å². The maximum Gasteiger partial charge on any atom is 0.110 e. The van der Waals surface area contributed by atoms with Gasteiger partial charge in [-0.1, -0.05) is 0 Å². The van der Waals surface area contributed by atoms with Crippen LogP contribution in [0.3, 0.4) is 0 Å². The van der Waals surface area contributed by atoms with Crippen LogP contribution in [0.15, 0.2) is 30.5 Å². The number of hydrogen-bond acceptors (Lipinski definition) is 5. The Balaban J connectivity index is 1.86. The summed E-state index contributed by atoms with van der Waals surface area (Å²) in [5.74, 6) is 0. The molecule has 0 amide bonds. The molecule has 0 saturated carbocycles. The number of ether oxygens (including phenoxy) is 2. The van der Waals surface area contributed by atoms with Gasteiger partial charge in [0.25, 0.3) is 0 Å². The van der Waals surface area contributed by atoms with Crippen LogP contribution >= 0.6 is 0 Å². The van der Waals surface area contributed by atoms with Gasteiger partial charge in [0.1, 0.15) is 5.60 Å². The number of nitrogens with one attached hydrogen (secondary N) is 1. The molecule has 5 heteroatoms. The van der Waals surface area contributed by atoms with Crippen LogP contribution in [0.5, 0.6) is 0 Å². The van der Waals surface area contributed by atoms with Crippen LogP contribution in [0.2, 0.25) is 0 Å². The van der Waals surface area contributed by atoms with E-state index in [0.29, 0.717) is 18.8 Å². The molecule has 3 rings (SSSR count). The Hall–Kier alpha value is -1.85. The molecule has 1 aliphatic heterocycles. The summed E-state index contributed by atoms with van der Waals surface area (Å²) in [6.07, 6.45) is 2.66. The van der Waals surface area contributed by atoms with Crippen molar-refractivity contribution < 1.29 is 9.47 Å². The van der Waals surface area contributed by atoms with Crippen LogP contribution in [0.1, 0.15) is 6.42 Å². The lowest BCUT2D eigenvalue weighted by atomic mass is 10.0. The number of pyridine rings is 1. The monoisotopic (exact) mass is 273 g/mol. The van der Waals surface area contributed by atoms with E-state index in [4.69, 9.17) is 15.2 Å². The van der Waals surface area contributed by atoms with Crippen LogP contribution in [0.4, 0.5) is 11.4 Å². The topological polar surface area (TPSA) is 69.4 Å². The first-order valence-corrected chi connectivity index (χ1v) is 6.74. The summed E-state index contributed by atoms with van der Waals surface area (Å²) in [6, 6.07) is 7.80. The van der Waals surface area contributed by atoms with Gasteiger partial charge in [-0.2, -0.15) is 0 Å². The van der Waals surface area contributed by atoms with Crippen molar-refractivity contribution in [2.75, 3.05) is 37.9 Å². The number of nitrogen functional groups attached to an aromatic ring is 1. The fourth-order valence-corrected chi connectivity index (χ4v) is 2.57. The molecule has 1 aromatic carbocycles. The van der Waals surface area contributed by atoms with Crippen molar-refractivity contribution in [3.63, 3.8) is 0 Å². The molecule has 1 aromatic heterocycles. The molecular formula is C15H19N3O2. The number of rotatable bonds is 4. The highest BCUT2D eigenvalue weighted by Gasteiger charge is 2.34. The van der Waals surface area contributed by atoms with Crippen molar-refractivity contribution in [3.05, 3.63) is 30.5 Å². The molecule has 2 aromatic rings. The molecule has 5 nitrogen and oxygen atoms in total. The Morgan fingerprint density at radius 2 is 2.35 bits per heavy atom. The molecular weight excluding hydrogens is 254 g/mol. The molecule has 0 aliphatic carbocycles. The van der Waals surface area contributed by atoms with Gasteiger partial charge >= 0.3 is 0 Å². The number of anilines is 2. The molecule has 0 radical (unpaired) electrons. The van der Waals surface area contributed by atoms with E-state index in [9.17, 15) is 0 Å². The smallest absolute Gasteiger partial charge is 0.110 e. The zero-order valence-corrected chi connectivity index (χ0v) is 11.6. The van der Waals surface area contributed by atoms with E-state index in [1.807, 2.05) is 24.3 Å². The average Bonchev–Trinajstić information content (AvgIpc) is 2.96. The van der Waals surface area contributed by atoms with Gasteiger partial charge in [-0.25, -0.2) is 0 Å². The molecule has 1 fully saturated rings. The molecule has 0 bridgehead atoms. The highest BCUT2D eigenvalue weighted by molar-refractivity contribution is 5.98. The number of nitrogens with zero attached hydrogens (tertiary/aromatic N) is 1. The molecule has 1 unspecified atom stereocenters. The Kier molecular flexibility index (Phi) is 3.46. The van der Waals surface area contributed by atoms with E-state index in [0.717, 1.165) is 29.6 Å². The number of benzene rings is 1. The third-order valence-electron chi connectivity index (χ3n) is 3.90. The van der Waals surface area contributed by atoms with E-state index in [1.165, 1.54) is 0 Å². The summed E-state index contributed by atoms with van der Waals surface area (Å²) in [5.41, 5.74) is 8.26. The second-order valence-electron chi connectivity index (χ2n) is 5.15. The van der Waals surface area contributed by atoms with Gasteiger partial charge in [0.15, 0.2) is 0 Å². The van der Waals surface area contributed by atoms with Crippen LogP contribution < -0.4 is 11.1 Å². The molecule has 106 valence electrons. The zero-order chi connectivity index (χ0) is 14.0. The van der Waals surface area contributed by atoms with Crippen LogP contribution in [0, 0.1) is 0 Å². The number of fused-ring (bicyclic) bond motifs is 1. The van der Waals surface area contributed by atoms with E-state index in [-0.39, 0.29) is 5.60 Å². The maximum atomic E-state index is 5.96. The third kappa shape index (κ3) is 2.30. The number of hydrogen-bond donors (Lipinski definition) is 2. The Morgan fingerprint density at radius 3 is 3.10 bits per heavy atom.